The minimum atomic E-state index is -0.204. The van der Waals surface area contributed by atoms with Crippen LogP contribution >= 0.6 is 11.8 Å². The molecule has 142 valence electrons. The molecule has 0 unspecified atom stereocenters. The van der Waals surface area contributed by atoms with Gasteiger partial charge in [-0.1, -0.05) is 36.0 Å². The minimum absolute atomic E-state index is 0.204. The summed E-state index contributed by atoms with van der Waals surface area (Å²) in [6, 6.07) is 15.2. The van der Waals surface area contributed by atoms with Gasteiger partial charge in [-0.3, -0.25) is 19.1 Å². The summed E-state index contributed by atoms with van der Waals surface area (Å²) in [5, 5.41) is 9.30. The summed E-state index contributed by atoms with van der Waals surface area (Å²) < 4.78 is 2.03. The number of hydrogen-bond donors (Lipinski definition) is 0. The Morgan fingerprint density at radius 2 is 1.64 bits per heavy atom. The van der Waals surface area contributed by atoms with Crippen molar-refractivity contribution in [1.82, 2.24) is 19.7 Å². The van der Waals surface area contributed by atoms with Crippen LogP contribution in [0.2, 0.25) is 0 Å². The van der Waals surface area contributed by atoms with Crippen LogP contribution in [0, 0.1) is 13.8 Å². The molecule has 0 N–H and O–H groups in total. The van der Waals surface area contributed by atoms with Crippen molar-refractivity contribution in [3.8, 4) is 5.69 Å². The van der Waals surface area contributed by atoms with Gasteiger partial charge in [0.2, 0.25) is 0 Å². The van der Waals surface area contributed by atoms with E-state index < -0.39 is 0 Å². The largest absolute Gasteiger partial charge is 0.274 e. The van der Waals surface area contributed by atoms with E-state index in [1.807, 2.05) is 23.6 Å². The summed E-state index contributed by atoms with van der Waals surface area (Å²) in [5.74, 6) is 1.15. The lowest BCUT2D eigenvalue weighted by atomic mass is 10.1. The van der Waals surface area contributed by atoms with E-state index in [0.717, 1.165) is 22.4 Å². The zero-order valence-electron chi connectivity index (χ0n) is 15.8. The molecule has 0 radical (unpaired) electrons. The highest BCUT2D eigenvalue weighted by atomic mass is 32.2. The van der Waals surface area contributed by atoms with Gasteiger partial charge in [0.25, 0.3) is 11.8 Å². The average molecular weight is 392 g/mol. The van der Waals surface area contributed by atoms with Gasteiger partial charge in [-0.25, -0.2) is 0 Å². The summed E-state index contributed by atoms with van der Waals surface area (Å²) in [7, 11) is 0. The number of nitrogens with zero attached hydrogens (tertiary/aromatic N) is 4. The highest BCUT2D eigenvalue weighted by Crippen LogP contribution is 2.25. The third-order valence-electron chi connectivity index (χ3n) is 4.69. The van der Waals surface area contributed by atoms with E-state index in [1.165, 1.54) is 10.5 Å². The standard InChI is InChI=1S/C21H20N4O2S/c1-14-7-5-8-16(13-14)25-15(2)22-23-21(25)28-12-6-11-24-19(26)17-9-3-4-10-18(17)20(24)27/h3-5,7-10,13H,6,11-12H2,1-2H3. The normalized spacial score (nSPS) is 13.3. The number of aromatic nitrogens is 3. The van der Waals surface area contributed by atoms with E-state index in [9.17, 15) is 9.59 Å². The highest BCUT2D eigenvalue weighted by molar-refractivity contribution is 7.99. The number of aryl methyl sites for hydroxylation is 2. The fraction of sp³-hybridized carbons (Fsp3) is 0.238. The molecule has 0 aliphatic carbocycles. The summed E-state index contributed by atoms with van der Waals surface area (Å²) >= 11 is 1.58. The lowest BCUT2D eigenvalue weighted by Gasteiger charge is -2.13. The summed E-state index contributed by atoms with van der Waals surface area (Å²) in [6.45, 7) is 4.38. The van der Waals surface area contributed by atoms with Gasteiger partial charge in [0.1, 0.15) is 5.82 Å². The van der Waals surface area contributed by atoms with Crippen LogP contribution in [-0.4, -0.2) is 43.8 Å². The minimum Gasteiger partial charge on any atom is -0.274 e. The van der Waals surface area contributed by atoms with E-state index in [0.29, 0.717) is 24.1 Å². The molecule has 4 rings (SSSR count). The van der Waals surface area contributed by atoms with Crippen molar-refractivity contribution in [2.75, 3.05) is 12.3 Å². The number of imide groups is 1. The lowest BCUT2D eigenvalue weighted by Crippen LogP contribution is -2.31. The molecule has 0 saturated heterocycles. The zero-order chi connectivity index (χ0) is 19.7. The molecule has 2 aromatic carbocycles. The second-order valence-electron chi connectivity index (χ2n) is 6.71. The molecule has 28 heavy (non-hydrogen) atoms. The van der Waals surface area contributed by atoms with Crippen LogP contribution in [0.15, 0.2) is 53.7 Å². The van der Waals surface area contributed by atoms with Gasteiger partial charge in [-0.05, 0) is 50.1 Å². The van der Waals surface area contributed by atoms with Gasteiger partial charge in [-0.15, -0.1) is 10.2 Å². The molecule has 2 amide bonds. The first-order valence-electron chi connectivity index (χ1n) is 9.13. The molecule has 0 saturated carbocycles. The molecule has 0 atom stereocenters. The topological polar surface area (TPSA) is 68.1 Å². The predicted molar refractivity (Wildman–Crippen MR) is 108 cm³/mol. The second-order valence-corrected chi connectivity index (χ2v) is 7.78. The number of carbonyl (C=O) groups excluding carboxylic acids is 2. The number of carbonyl (C=O) groups is 2. The molecule has 1 aliphatic rings. The van der Waals surface area contributed by atoms with Crippen molar-refractivity contribution in [1.29, 1.82) is 0 Å². The monoisotopic (exact) mass is 392 g/mol. The van der Waals surface area contributed by atoms with Crippen LogP contribution in [0.4, 0.5) is 0 Å². The molecule has 7 heteroatoms. The molecule has 1 aromatic heterocycles. The van der Waals surface area contributed by atoms with E-state index in [1.54, 1.807) is 36.0 Å². The SMILES string of the molecule is Cc1cccc(-n2c(C)nnc2SCCCN2C(=O)c3ccccc3C2=O)c1. The van der Waals surface area contributed by atoms with Gasteiger partial charge in [0, 0.05) is 18.0 Å². The Morgan fingerprint density at radius 1 is 0.929 bits per heavy atom. The van der Waals surface area contributed by atoms with Gasteiger partial charge in [0.15, 0.2) is 5.16 Å². The number of fused-ring (bicyclic) bond motifs is 1. The number of thioether (sulfide) groups is 1. The first-order valence-corrected chi connectivity index (χ1v) is 10.1. The fourth-order valence-corrected chi connectivity index (χ4v) is 4.25. The number of rotatable bonds is 6. The Kier molecular flexibility index (Phi) is 5.00. The summed E-state index contributed by atoms with van der Waals surface area (Å²) in [5.41, 5.74) is 3.20. The van der Waals surface area contributed by atoms with Crippen molar-refractivity contribution in [2.24, 2.45) is 0 Å². The van der Waals surface area contributed by atoms with Gasteiger partial charge in [0.05, 0.1) is 11.1 Å². The molecule has 0 spiro atoms. The maximum absolute atomic E-state index is 12.4. The average Bonchev–Trinajstić information content (AvgIpc) is 3.18. The molecular formula is C21H20N4O2S. The van der Waals surface area contributed by atoms with Crippen LogP contribution in [0.25, 0.3) is 5.69 Å². The zero-order valence-corrected chi connectivity index (χ0v) is 16.6. The highest BCUT2D eigenvalue weighted by Gasteiger charge is 2.34. The Hall–Kier alpha value is -2.93. The molecular weight excluding hydrogens is 372 g/mol. The fourth-order valence-electron chi connectivity index (χ4n) is 3.33. The van der Waals surface area contributed by atoms with E-state index in [2.05, 4.69) is 29.3 Å². The molecule has 6 nitrogen and oxygen atoms in total. The Balaban J connectivity index is 1.40. The second kappa shape index (κ2) is 7.59. The maximum atomic E-state index is 12.4. The Labute approximate surface area is 167 Å². The molecule has 1 aliphatic heterocycles. The van der Waals surface area contributed by atoms with Crippen molar-refractivity contribution >= 4 is 23.6 Å². The van der Waals surface area contributed by atoms with Gasteiger partial charge in [-0.2, -0.15) is 0 Å². The predicted octanol–water partition coefficient (Wildman–Crippen LogP) is 3.66. The maximum Gasteiger partial charge on any atom is 0.261 e. The van der Waals surface area contributed by atoms with Gasteiger partial charge < -0.3 is 0 Å². The first kappa shape index (κ1) is 18.4. The van der Waals surface area contributed by atoms with Crippen molar-refractivity contribution in [2.45, 2.75) is 25.4 Å². The van der Waals surface area contributed by atoms with Crippen LogP contribution in [0.5, 0.6) is 0 Å². The molecule has 2 heterocycles. The number of hydrogen-bond acceptors (Lipinski definition) is 5. The van der Waals surface area contributed by atoms with Crippen LogP contribution in [0.3, 0.4) is 0 Å². The number of amides is 2. The Morgan fingerprint density at radius 3 is 2.32 bits per heavy atom. The lowest BCUT2D eigenvalue weighted by molar-refractivity contribution is 0.0655. The summed E-state index contributed by atoms with van der Waals surface area (Å²) in [4.78, 5) is 26.2. The van der Waals surface area contributed by atoms with Crippen LogP contribution in [0.1, 0.15) is 38.5 Å². The van der Waals surface area contributed by atoms with Gasteiger partial charge >= 0.3 is 0 Å². The van der Waals surface area contributed by atoms with Crippen molar-refractivity contribution in [3.63, 3.8) is 0 Å². The third-order valence-corrected chi connectivity index (χ3v) is 5.71. The van der Waals surface area contributed by atoms with E-state index >= 15 is 0 Å². The van der Waals surface area contributed by atoms with E-state index in [-0.39, 0.29) is 11.8 Å². The van der Waals surface area contributed by atoms with Crippen LogP contribution < -0.4 is 0 Å². The van der Waals surface area contributed by atoms with Crippen molar-refractivity contribution in [3.05, 3.63) is 71.0 Å². The Bertz CT molecular complexity index is 1030. The third kappa shape index (κ3) is 3.33. The smallest absolute Gasteiger partial charge is 0.261 e. The first-order chi connectivity index (χ1) is 13.6. The molecule has 0 fully saturated rings. The van der Waals surface area contributed by atoms with Crippen molar-refractivity contribution < 1.29 is 9.59 Å². The summed E-state index contributed by atoms with van der Waals surface area (Å²) in [6.07, 6.45) is 0.690. The number of benzene rings is 2. The quantitative estimate of drug-likeness (QED) is 0.364. The molecule has 3 aromatic rings. The van der Waals surface area contributed by atoms with E-state index in [4.69, 9.17) is 0 Å². The molecule has 0 bridgehead atoms. The van der Waals surface area contributed by atoms with Crippen LogP contribution in [-0.2, 0) is 0 Å².